The van der Waals surface area contributed by atoms with E-state index in [-0.39, 0.29) is 5.75 Å². The third-order valence-corrected chi connectivity index (χ3v) is 3.46. The van der Waals surface area contributed by atoms with Crippen LogP contribution >= 0.6 is 0 Å². The Morgan fingerprint density at radius 1 is 1.38 bits per heavy atom. The Labute approximate surface area is 96.3 Å². The van der Waals surface area contributed by atoms with Gasteiger partial charge >= 0.3 is 0 Å². The van der Waals surface area contributed by atoms with Gasteiger partial charge in [-0.05, 0) is 18.7 Å². The molecule has 92 valence electrons. The average molecular weight is 246 g/mol. The van der Waals surface area contributed by atoms with Gasteiger partial charge in [0.2, 0.25) is 10.0 Å². The Morgan fingerprint density at radius 2 is 2.19 bits per heavy atom. The zero-order chi connectivity index (χ0) is 11.9. The van der Waals surface area contributed by atoms with Crippen molar-refractivity contribution in [3.63, 3.8) is 0 Å². The van der Waals surface area contributed by atoms with Crippen molar-refractivity contribution in [1.82, 2.24) is 10.0 Å². The summed E-state index contributed by atoms with van der Waals surface area (Å²) in [6.45, 7) is 3.58. The molecule has 0 unspecified atom stereocenters. The molecule has 16 heavy (non-hydrogen) atoms. The summed E-state index contributed by atoms with van der Waals surface area (Å²) in [7, 11) is -3.16. The second kappa shape index (κ2) is 6.67. The molecule has 0 amide bonds. The van der Waals surface area contributed by atoms with Crippen LogP contribution in [0.2, 0.25) is 0 Å². The summed E-state index contributed by atoms with van der Waals surface area (Å²) in [5, 5.41) is 2.97. The van der Waals surface area contributed by atoms with Crippen LogP contribution in [0.1, 0.15) is 12.7 Å². The molecule has 0 aromatic carbocycles. The lowest BCUT2D eigenvalue weighted by Gasteiger charge is -2.05. The molecule has 0 aliphatic carbocycles. The molecule has 0 fully saturated rings. The first kappa shape index (κ1) is 13.2. The highest BCUT2D eigenvalue weighted by Crippen LogP contribution is 1.99. The van der Waals surface area contributed by atoms with Gasteiger partial charge in [0.05, 0.1) is 12.0 Å². The first-order valence-electron chi connectivity index (χ1n) is 5.34. The van der Waals surface area contributed by atoms with Crippen molar-refractivity contribution >= 4 is 10.0 Å². The minimum atomic E-state index is -3.16. The topological polar surface area (TPSA) is 71.3 Å². The van der Waals surface area contributed by atoms with E-state index >= 15 is 0 Å². The van der Waals surface area contributed by atoms with Crippen LogP contribution < -0.4 is 10.0 Å². The molecule has 1 rings (SSSR count). The van der Waals surface area contributed by atoms with Crippen molar-refractivity contribution in [2.45, 2.75) is 13.3 Å². The predicted molar refractivity (Wildman–Crippen MR) is 62.7 cm³/mol. The second-order valence-corrected chi connectivity index (χ2v) is 5.32. The Kier molecular flexibility index (Phi) is 5.51. The summed E-state index contributed by atoms with van der Waals surface area (Å²) >= 11 is 0. The zero-order valence-electron chi connectivity index (χ0n) is 9.40. The molecule has 0 saturated carbocycles. The summed E-state index contributed by atoms with van der Waals surface area (Å²) in [4.78, 5) is 0. The molecule has 5 nitrogen and oxygen atoms in total. The summed E-state index contributed by atoms with van der Waals surface area (Å²) in [5.74, 6) is 0.897. The number of nitrogens with one attached hydrogen (secondary N) is 2. The standard InChI is InChI=1S/C10H18N2O3S/c1-2-11-7-9-16(13,14)12-6-5-10-4-3-8-15-10/h3-4,8,11-12H,2,5-7,9H2,1H3. The molecule has 0 atom stereocenters. The van der Waals surface area contributed by atoms with Crippen LogP contribution in [-0.2, 0) is 16.4 Å². The quantitative estimate of drug-likeness (QED) is 0.649. The highest BCUT2D eigenvalue weighted by Gasteiger charge is 2.08. The highest BCUT2D eigenvalue weighted by atomic mass is 32.2. The number of furan rings is 1. The smallest absolute Gasteiger partial charge is 0.212 e. The number of hydrogen-bond acceptors (Lipinski definition) is 4. The van der Waals surface area contributed by atoms with Crippen LogP contribution in [0, 0.1) is 0 Å². The highest BCUT2D eigenvalue weighted by molar-refractivity contribution is 7.89. The molecule has 1 aromatic rings. The zero-order valence-corrected chi connectivity index (χ0v) is 10.2. The van der Waals surface area contributed by atoms with E-state index in [9.17, 15) is 8.42 Å². The monoisotopic (exact) mass is 246 g/mol. The number of hydrogen-bond donors (Lipinski definition) is 2. The van der Waals surface area contributed by atoms with Gasteiger partial charge in [-0.15, -0.1) is 0 Å². The minimum Gasteiger partial charge on any atom is -0.469 e. The average Bonchev–Trinajstić information content (AvgIpc) is 2.70. The van der Waals surface area contributed by atoms with Gasteiger partial charge in [-0.2, -0.15) is 0 Å². The van der Waals surface area contributed by atoms with Crippen molar-refractivity contribution in [2.75, 3.05) is 25.4 Å². The van der Waals surface area contributed by atoms with Crippen LogP contribution in [-0.4, -0.2) is 33.8 Å². The van der Waals surface area contributed by atoms with Crippen LogP contribution in [0.4, 0.5) is 0 Å². The van der Waals surface area contributed by atoms with E-state index in [2.05, 4.69) is 10.0 Å². The first-order valence-corrected chi connectivity index (χ1v) is 6.99. The van der Waals surface area contributed by atoms with Gasteiger partial charge < -0.3 is 9.73 Å². The molecule has 2 N–H and O–H groups in total. The van der Waals surface area contributed by atoms with Gasteiger partial charge in [0.1, 0.15) is 5.76 Å². The van der Waals surface area contributed by atoms with Gasteiger partial charge in [0.25, 0.3) is 0 Å². The van der Waals surface area contributed by atoms with Crippen LogP contribution in [0.15, 0.2) is 22.8 Å². The summed E-state index contributed by atoms with van der Waals surface area (Å²) in [6.07, 6.45) is 2.16. The van der Waals surface area contributed by atoms with Crippen molar-refractivity contribution < 1.29 is 12.8 Å². The summed E-state index contributed by atoms with van der Waals surface area (Å²) in [5.41, 5.74) is 0. The lowest BCUT2D eigenvalue weighted by atomic mass is 10.3. The molecule has 0 spiro atoms. The van der Waals surface area contributed by atoms with Gasteiger partial charge in [0, 0.05) is 19.5 Å². The maximum atomic E-state index is 11.5. The Bertz CT molecular complexity index is 373. The van der Waals surface area contributed by atoms with Crippen molar-refractivity contribution in [3.8, 4) is 0 Å². The van der Waals surface area contributed by atoms with E-state index in [0.29, 0.717) is 19.5 Å². The minimum absolute atomic E-state index is 0.110. The van der Waals surface area contributed by atoms with Crippen LogP contribution in [0.25, 0.3) is 0 Å². The molecule has 0 aliphatic rings. The SMILES string of the molecule is CCNCCS(=O)(=O)NCCc1ccco1. The molecule has 1 heterocycles. The van der Waals surface area contributed by atoms with Crippen molar-refractivity contribution in [3.05, 3.63) is 24.2 Å². The predicted octanol–water partition coefficient (Wildman–Crippen LogP) is 0.351. The third-order valence-electron chi connectivity index (χ3n) is 2.07. The van der Waals surface area contributed by atoms with E-state index in [1.165, 1.54) is 0 Å². The van der Waals surface area contributed by atoms with E-state index in [1.807, 2.05) is 13.0 Å². The Balaban J connectivity index is 2.20. The molecular weight excluding hydrogens is 228 g/mol. The fourth-order valence-electron chi connectivity index (χ4n) is 1.24. The molecule has 0 saturated heterocycles. The van der Waals surface area contributed by atoms with Crippen molar-refractivity contribution in [1.29, 1.82) is 0 Å². The lowest BCUT2D eigenvalue weighted by molar-refractivity contribution is 0.505. The number of sulfonamides is 1. The molecule has 0 aliphatic heterocycles. The second-order valence-electron chi connectivity index (χ2n) is 3.40. The van der Waals surface area contributed by atoms with E-state index < -0.39 is 10.0 Å². The van der Waals surface area contributed by atoms with E-state index in [0.717, 1.165) is 12.3 Å². The molecule has 6 heteroatoms. The van der Waals surface area contributed by atoms with Crippen LogP contribution in [0.3, 0.4) is 0 Å². The van der Waals surface area contributed by atoms with Gasteiger partial charge in [0.15, 0.2) is 0 Å². The Hall–Kier alpha value is -0.850. The molecule has 0 radical (unpaired) electrons. The summed E-state index contributed by atoms with van der Waals surface area (Å²) < 4.78 is 30.5. The summed E-state index contributed by atoms with van der Waals surface area (Å²) in [6, 6.07) is 3.61. The maximum absolute atomic E-state index is 11.5. The fourth-order valence-corrected chi connectivity index (χ4v) is 2.21. The van der Waals surface area contributed by atoms with Crippen molar-refractivity contribution in [2.24, 2.45) is 0 Å². The third kappa shape index (κ3) is 5.29. The number of rotatable bonds is 8. The maximum Gasteiger partial charge on any atom is 0.212 e. The fraction of sp³-hybridized carbons (Fsp3) is 0.600. The largest absolute Gasteiger partial charge is 0.469 e. The normalized spacial score (nSPS) is 11.8. The molecule has 0 bridgehead atoms. The van der Waals surface area contributed by atoms with Crippen LogP contribution in [0.5, 0.6) is 0 Å². The Morgan fingerprint density at radius 3 is 2.81 bits per heavy atom. The van der Waals surface area contributed by atoms with E-state index in [4.69, 9.17) is 4.42 Å². The molecular formula is C10H18N2O3S. The molecule has 1 aromatic heterocycles. The van der Waals surface area contributed by atoms with Gasteiger partial charge in [-0.3, -0.25) is 0 Å². The lowest BCUT2D eigenvalue weighted by Crippen LogP contribution is -2.33. The van der Waals surface area contributed by atoms with Gasteiger partial charge in [-0.1, -0.05) is 6.92 Å². The first-order chi connectivity index (χ1) is 7.64. The van der Waals surface area contributed by atoms with E-state index in [1.54, 1.807) is 12.3 Å². The van der Waals surface area contributed by atoms with Gasteiger partial charge in [-0.25, -0.2) is 13.1 Å².